The van der Waals surface area contributed by atoms with Crippen molar-refractivity contribution in [1.82, 2.24) is 19.5 Å². The number of benzene rings is 1. The van der Waals surface area contributed by atoms with Gasteiger partial charge < -0.3 is 14.6 Å². The number of phenols is 1. The molecule has 13 heteroatoms. The van der Waals surface area contributed by atoms with Crippen molar-refractivity contribution in [1.29, 1.82) is 0 Å². The molecule has 1 aliphatic rings. The molecule has 0 saturated carbocycles. The minimum absolute atomic E-state index is 0.0304. The average molecular weight is 489 g/mol. The summed E-state index contributed by atoms with van der Waals surface area (Å²) in [5.41, 5.74) is 6.22. The maximum absolute atomic E-state index is 11.7. The van der Waals surface area contributed by atoms with E-state index in [1.807, 2.05) is 6.92 Å². The topological polar surface area (TPSA) is 141 Å². The second-order valence-corrected chi connectivity index (χ2v) is 8.74. The number of nitrogens with one attached hydrogen (secondary N) is 1. The number of ether oxygens (including phenoxy) is 2. The van der Waals surface area contributed by atoms with E-state index in [1.54, 1.807) is 12.1 Å². The summed E-state index contributed by atoms with van der Waals surface area (Å²) in [6, 6.07) is 4.71. The van der Waals surface area contributed by atoms with Gasteiger partial charge in [-0.15, -0.1) is 0 Å². The lowest BCUT2D eigenvalue weighted by Crippen LogP contribution is -2.12. The van der Waals surface area contributed by atoms with E-state index in [0.29, 0.717) is 12.4 Å². The first-order chi connectivity index (χ1) is 15.7. The van der Waals surface area contributed by atoms with E-state index in [-0.39, 0.29) is 51.1 Å². The van der Waals surface area contributed by atoms with Crippen LogP contribution in [0.15, 0.2) is 40.7 Å². The van der Waals surface area contributed by atoms with Crippen molar-refractivity contribution in [3.63, 3.8) is 0 Å². The third-order valence-electron chi connectivity index (χ3n) is 4.27. The number of rotatable bonds is 6. The second kappa shape index (κ2) is 8.61. The second-order valence-electron chi connectivity index (χ2n) is 6.63. The molecule has 3 heterocycles. The first-order valence-corrected chi connectivity index (χ1v) is 11.7. The smallest absolute Gasteiger partial charge is 0.231 e. The van der Waals surface area contributed by atoms with Crippen molar-refractivity contribution < 1.29 is 23.0 Å². The fraction of sp³-hybridized carbons (Fsp3) is 0.200. The van der Waals surface area contributed by atoms with Crippen LogP contribution in [0.5, 0.6) is 11.5 Å². The van der Waals surface area contributed by atoms with Gasteiger partial charge in [-0.1, -0.05) is 23.4 Å². The quantitative estimate of drug-likeness (QED) is 0.504. The van der Waals surface area contributed by atoms with Crippen LogP contribution >= 0.6 is 11.6 Å². The zero-order chi connectivity index (χ0) is 23.8. The van der Waals surface area contributed by atoms with E-state index in [1.165, 1.54) is 23.8 Å². The Morgan fingerprint density at radius 1 is 1.27 bits per heavy atom. The number of sulfonamides is 1. The summed E-state index contributed by atoms with van der Waals surface area (Å²) in [6.07, 6.45) is 2.47. The zero-order valence-electron chi connectivity index (χ0n) is 17.6. The highest BCUT2D eigenvalue weighted by atomic mass is 35.5. The third-order valence-corrected chi connectivity index (χ3v) is 5.10. The Labute approximate surface area is 193 Å². The highest BCUT2D eigenvalue weighted by Gasteiger charge is 2.25. The molecule has 0 amide bonds. The van der Waals surface area contributed by atoms with Crippen molar-refractivity contribution in [2.75, 3.05) is 24.7 Å². The number of hydrogen-bond donors (Lipinski definition) is 2. The standard InChI is InChI=1S/C20H17ClN6O5S/c1-4-32-14-10-5-7-11(22-14)19-25-18-20(23-16(21)17(24-18)26-33(3,29)30)27(19)15-12(28)8-6-9-13(15)31-2/h6,8-10,28H,4H2,1-3H3,(H,24,26). The summed E-state index contributed by atoms with van der Waals surface area (Å²) in [5.74, 6) is 0.411. The Morgan fingerprint density at radius 3 is 2.76 bits per heavy atom. The largest absolute Gasteiger partial charge is 0.506 e. The predicted octanol–water partition coefficient (Wildman–Crippen LogP) is 2.65. The third kappa shape index (κ3) is 4.41. The van der Waals surface area contributed by atoms with Gasteiger partial charge in [0.25, 0.3) is 0 Å². The maximum Gasteiger partial charge on any atom is 0.231 e. The number of aromatic nitrogens is 4. The zero-order valence-corrected chi connectivity index (χ0v) is 19.2. The van der Waals surface area contributed by atoms with Crippen LogP contribution in [0, 0.1) is 0 Å². The molecule has 0 spiro atoms. The van der Waals surface area contributed by atoms with E-state index < -0.39 is 10.0 Å². The molecule has 3 aromatic rings. The summed E-state index contributed by atoms with van der Waals surface area (Å²) in [6.45, 7) is 2.19. The van der Waals surface area contributed by atoms with E-state index in [4.69, 9.17) is 21.1 Å². The Hall–Kier alpha value is -3.82. The van der Waals surface area contributed by atoms with E-state index in [9.17, 15) is 13.5 Å². The summed E-state index contributed by atoms with van der Waals surface area (Å²) in [4.78, 5) is 17.4. The van der Waals surface area contributed by atoms with E-state index >= 15 is 0 Å². The number of aromatic hydroxyl groups is 1. The molecule has 1 aromatic carbocycles. The number of anilines is 1. The Bertz CT molecular complexity index is 1520. The van der Waals surface area contributed by atoms with Gasteiger partial charge in [-0.3, -0.25) is 9.29 Å². The molecule has 2 N–H and O–H groups in total. The van der Waals surface area contributed by atoms with Crippen LogP contribution in [0.3, 0.4) is 0 Å². The minimum Gasteiger partial charge on any atom is -0.506 e. The van der Waals surface area contributed by atoms with Gasteiger partial charge in [0.1, 0.15) is 17.2 Å². The molecule has 0 saturated heterocycles. The molecule has 0 bridgehead atoms. The Balaban J connectivity index is 2.06. The van der Waals surface area contributed by atoms with E-state index in [2.05, 4.69) is 36.1 Å². The molecule has 0 fully saturated rings. The first kappa shape index (κ1) is 22.4. The lowest BCUT2D eigenvalue weighted by Gasteiger charge is -2.14. The highest BCUT2D eigenvalue weighted by Crippen LogP contribution is 2.37. The van der Waals surface area contributed by atoms with Gasteiger partial charge in [-0.05, 0) is 24.8 Å². The number of para-hydroxylation sites is 1. The summed E-state index contributed by atoms with van der Waals surface area (Å²) >= 11 is 6.22. The summed E-state index contributed by atoms with van der Waals surface area (Å²) in [5, 5.41) is 10.5. The number of aliphatic imine (C=N–C) groups is 1. The molecule has 0 atom stereocenters. The monoisotopic (exact) mass is 488 g/mol. The van der Waals surface area contributed by atoms with Crippen LogP contribution in [0.25, 0.3) is 22.7 Å². The van der Waals surface area contributed by atoms with E-state index in [0.717, 1.165) is 6.26 Å². The van der Waals surface area contributed by atoms with Crippen LogP contribution in [0.2, 0.25) is 5.15 Å². The van der Waals surface area contributed by atoms with Gasteiger partial charge >= 0.3 is 0 Å². The number of methoxy groups -OCH3 is 1. The summed E-state index contributed by atoms with van der Waals surface area (Å²) in [7, 11) is -2.23. The molecule has 1 aliphatic heterocycles. The number of phenolic OH excluding ortho intramolecular Hbond substituents is 1. The van der Waals surface area contributed by atoms with Crippen LogP contribution in [-0.2, 0) is 14.8 Å². The molecule has 2 aromatic heterocycles. The Kier molecular flexibility index (Phi) is 5.84. The molecular weight excluding hydrogens is 472 g/mol. The normalized spacial score (nSPS) is 13.1. The summed E-state index contributed by atoms with van der Waals surface area (Å²) < 4.78 is 37.9. The SMILES string of the molecule is CCOC1=NC(c2nc3nc(NS(C)(=O)=O)c(Cl)nc3n2-c2c(O)cccc2OC)=C=C=C1. The number of imidazole rings is 1. The first-order valence-electron chi connectivity index (χ1n) is 9.45. The highest BCUT2D eigenvalue weighted by molar-refractivity contribution is 7.92. The lowest BCUT2D eigenvalue weighted by atomic mass is 10.2. The number of hydrogen-bond acceptors (Lipinski definition) is 9. The number of nitrogens with zero attached hydrogens (tertiary/aromatic N) is 5. The average Bonchev–Trinajstić information content (AvgIpc) is 3.11. The van der Waals surface area contributed by atoms with Crippen LogP contribution < -0.4 is 9.46 Å². The van der Waals surface area contributed by atoms with Crippen molar-refractivity contribution >= 4 is 50.3 Å². The van der Waals surface area contributed by atoms with Crippen LogP contribution in [-0.4, -0.2) is 58.9 Å². The number of halogens is 1. The van der Waals surface area contributed by atoms with Gasteiger partial charge in [-0.2, -0.15) is 0 Å². The molecule has 11 nitrogen and oxygen atoms in total. The molecule has 0 aliphatic carbocycles. The lowest BCUT2D eigenvalue weighted by molar-refractivity contribution is 0.330. The molecular formula is C20H17ClN6O5S. The molecule has 0 unspecified atom stereocenters. The van der Waals surface area contributed by atoms with Crippen molar-refractivity contribution in [2.45, 2.75) is 6.92 Å². The van der Waals surface area contributed by atoms with Crippen LogP contribution in [0.1, 0.15) is 12.7 Å². The van der Waals surface area contributed by atoms with Crippen LogP contribution in [0.4, 0.5) is 5.82 Å². The number of fused-ring (bicyclic) bond motifs is 1. The van der Waals surface area contributed by atoms with Gasteiger partial charge in [-0.25, -0.2) is 28.4 Å². The minimum atomic E-state index is -3.68. The van der Waals surface area contributed by atoms with Crippen molar-refractivity contribution in [2.24, 2.45) is 4.99 Å². The van der Waals surface area contributed by atoms with Gasteiger partial charge in [0.15, 0.2) is 28.1 Å². The fourth-order valence-electron chi connectivity index (χ4n) is 3.05. The fourth-order valence-corrected chi connectivity index (χ4v) is 3.77. The maximum atomic E-state index is 11.7. The van der Waals surface area contributed by atoms with Gasteiger partial charge in [0, 0.05) is 0 Å². The Morgan fingerprint density at radius 2 is 2.06 bits per heavy atom. The van der Waals surface area contributed by atoms with Crippen molar-refractivity contribution in [3.8, 4) is 17.2 Å². The van der Waals surface area contributed by atoms with Crippen molar-refractivity contribution in [3.05, 3.63) is 46.7 Å². The predicted molar refractivity (Wildman–Crippen MR) is 122 cm³/mol. The molecule has 4 rings (SSSR count). The molecule has 33 heavy (non-hydrogen) atoms. The molecule has 0 radical (unpaired) electrons. The van der Waals surface area contributed by atoms with Gasteiger partial charge in [0.2, 0.25) is 21.6 Å². The van der Waals surface area contributed by atoms with Gasteiger partial charge in [0.05, 0.1) is 26.0 Å². The molecule has 170 valence electrons.